The number of benzene rings is 1. The lowest BCUT2D eigenvalue weighted by atomic mass is 10.3. The fourth-order valence-corrected chi connectivity index (χ4v) is 4.21. The van der Waals surface area contributed by atoms with Gasteiger partial charge in [-0.1, -0.05) is 55.6 Å². The van der Waals surface area contributed by atoms with Gasteiger partial charge in [-0.05, 0) is 24.2 Å². The summed E-state index contributed by atoms with van der Waals surface area (Å²) >= 11 is 0. The summed E-state index contributed by atoms with van der Waals surface area (Å²) in [5, 5.41) is 1.40. The second-order valence-electron chi connectivity index (χ2n) is 4.74. The van der Waals surface area contributed by atoms with Gasteiger partial charge in [0.15, 0.2) is 0 Å². The lowest BCUT2D eigenvalue weighted by molar-refractivity contribution is 0.418. The van der Waals surface area contributed by atoms with Gasteiger partial charge in [0, 0.05) is 0 Å². The fraction of sp³-hybridized carbons (Fsp3) is 0.333. The fourth-order valence-electron chi connectivity index (χ4n) is 1.87. The van der Waals surface area contributed by atoms with Gasteiger partial charge >= 0.3 is 0 Å². The normalized spacial score (nSPS) is 12.5. The molecule has 0 heterocycles. The summed E-state index contributed by atoms with van der Waals surface area (Å²) in [6, 6.07) is 9.52. The second-order valence-corrected chi connectivity index (χ2v) is 9.46. The van der Waals surface area contributed by atoms with Crippen molar-refractivity contribution in [3.05, 3.63) is 48.6 Å². The number of allylic oxidation sites excluding steroid dienone is 4. The van der Waals surface area contributed by atoms with Crippen LogP contribution in [0.5, 0.6) is 5.75 Å². The Morgan fingerprint density at radius 2 is 1.88 bits per heavy atom. The molecule has 0 aliphatic rings. The van der Waals surface area contributed by atoms with E-state index in [-0.39, 0.29) is 0 Å². The third-order valence-electron chi connectivity index (χ3n) is 2.90. The van der Waals surface area contributed by atoms with Crippen LogP contribution in [0.4, 0.5) is 0 Å². The molecule has 1 aromatic rings. The van der Waals surface area contributed by atoms with E-state index in [1.807, 2.05) is 19.1 Å². The van der Waals surface area contributed by atoms with E-state index in [0.717, 1.165) is 11.8 Å². The molecule has 0 bridgehead atoms. The van der Waals surface area contributed by atoms with Crippen LogP contribution in [0, 0.1) is 0 Å². The summed E-state index contributed by atoms with van der Waals surface area (Å²) in [6.45, 7) is 6.79. The van der Waals surface area contributed by atoms with Crippen LogP contribution >= 0.6 is 0 Å². The minimum absolute atomic E-state index is 1.03. The van der Waals surface area contributed by atoms with Gasteiger partial charge in [-0.25, -0.2) is 0 Å². The number of hydrogen-bond donors (Lipinski definition) is 0. The molecule has 17 heavy (non-hydrogen) atoms. The SMILES string of the molecule is C/C=C/C=C/C[Si](C)(C)c1ccccc1OC. The average Bonchev–Trinajstić information content (AvgIpc) is 2.34. The van der Waals surface area contributed by atoms with Crippen molar-refractivity contribution in [3.63, 3.8) is 0 Å². The van der Waals surface area contributed by atoms with Crippen molar-refractivity contribution < 1.29 is 4.74 Å². The van der Waals surface area contributed by atoms with Crippen molar-refractivity contribution in [1.29, 1.82) is 0 Å². The lowest BCUT2D eigenvalue weighted by Gasteiger charge is -2.23. The first-order chi connectivity index (χ1) is 8.11. The highest BCUT2D eigenvalue weighted by atomic mass is 28.3. The molecular formula is C15H22OSi. The van der Waals surface area contributed by atoms with Crippen molar-refractivity contribution in [3.8, 4) is 5.75 Å². The second kappa shape index (κ2) is 6.45. The van der Waals surface area contributed by atoms with Gasteiger partial charge in [-0.3, -0.25) is 0 Å². The lowest BCUT2D eigenvalue weighted by Crippen LogP contribution is -2.41. The molecule has 0 aliphatic heterocycles. The largest absolute Gasteiger partial charge is 0.497 e. The molecule has 0 amide bonds. The molecule has 0 unspecified atom stereocenters. The van der Waals surface area contributed by atoms with E-state index in [4.69, 9.17) is 4.74 Å². The molecule has 0 radical (unpaired) electrons. The van der Waals surface area contributed by atoms with Crippen molar-refractivity contribution in [1.82, 2.24) is 0 Å². The van der Waals surface area contributed by atoms with Crippen LogP contribution < -0.4 is 9.92 Å². The zero-order valence-corrected chi connectivity index (χ0v) is 12.2. The summed E-state index contributed by atoms with van der Waals surface area (Å²) in [4.78, 5) is 0. The Bertz CT molecular complexity index is 405. The van der Waals surface area contributed by atoms with E-state index in [1.165, 1.54) is 5.19 Å². The van der Waals surface area contributed by atoms with Crippen LogP contribution in [0.2, 0.25) is 19.1 Å². The van der Waals surface area contributed by atoms with Crippen molar-refractivity contribution >= 4 is 13.3 Å². The van der Waals surface area contributed by atoms with Crippen LogP contribution in [0.3, 0.4) is 0 Å². The quantitative estimate of drug-likeness (QED) is 0.568. The first-order valence-electron chi connectivity index (χ1n) is 6.03. The summed E-state index contributed by atoms with van der Waals surface area (Å²) in [5.74, 6) is 1.03. The number of methoxy groups -OCH3 is 1. The number of ether oxygens (including phenoxy) is 1. The average molecular weight is 246 g/mol. The zero-order chi connectivity index (χ0) is 12.7. The topological polar surface area (TPSA) is 9.23 Å². The Hall–Kier alpha value is -1.28. The minimum atomic E-state index is -1.44. The monoisotopic (exact) mass is 246 g/mol. The molecule has 0 aliphatic carbocycles. The van der Waals surface area contributed by atoms with E-state index >= 15 is 0 Å². The van der Waals surface area contributed by atoms with E-state index in [0.29, 0.717) is 0 Å². The molecule has 0 saturated heterocycles. The number of para-hydroxylation sites is 1. The van der Waals surface area contributed by atoms with Crippen LogP contribution in [-0.4, -0.2) is 15.2 Å². The van der Waals surface area contributed by atoms with Gasteiger partial charge in [0.2, 0.25) is 0 Å². The Morgan fingerprint density at radius 3 is 2.53 bits per heavy atom. The highest BCUT2D eigenvalue weighted by molar-refractivity contribution is 6.90. The van der Waals surface area contributed by atoms with E-state index in [2.05, 4.69) is 49.5 Å². The Labute approximate surface area is 106 Å². The molecular weight excluding hydrogens is 224 g/mol. The predicted octanol–water partition coefficient (Wildman–Crippen LogP) is 3.74. The predicted molar refractivity (Wildman–Crippen MR) is 78.9 cm³/mol. The van der Waals surface area contributed by atoms with Gasteiger partial charge < -0.3 is 4.74 Å². The Morgan fingerprint density at radius 1 is 1.18 bits per heavy atom. The smallest absolute Gasteiger partial charge is 0.118 e. The molecule has 0 fully saturated rings. The number of hydrogen-bond acceptors (Lipinski definition) is 1. The van der Waals surface area contributed by atoms with Crippen LogP contribution in [-0.2, 0) is 0 Å². The molecule has 0 N–H and O–H groups in total. The molecule has 1 rings (SSSR count). The van der Waals surface area contributed by atoms with Gasteiger partial charge in [-0.15, -0.1) is 0 Å². The van der Waals surface area contributed by atoms with Crippen molar-refractivity contribution in [2.75, 3.05) is 7.11 Å². The minimum Gasteiger partial charge on any atom is -0.497 e. The van der Waals surface area contributed by atoms with E-state index in [1.54, 1.807) is 7.11 Å². The van der Waals surface area contributed by atoms with Crippen molar-refractivity contribution in [2.24, 2.45) is 0 Å². The molecule has 92 valence electrons. The Kier molecular flexibility index (Phi) is 5.23. The molecule has 1 aromatic carbocycles. The summed E-state index contributed by atoms with van der Waals surface area (Å²) in [5.41, 5.74) is 0. The summed E-state index contributed by atoms with van der Waals surface area (Å²) in [6.07, 6.45) is 8.52. The molecule has 0 aromatic heterocycles. The maximum absolute atomic E-state index is 5.46. The van der Waals surface area contributed by atoms with E-state index in [9.17, 15) is 0 Å². The van der Waals surface area contributed by atoms with E-state index < -0.39 is 8.07 Å². The molecule has 1 nitrogen and oxygen atoms in total. The van der Waals surface area contributed by atoms with Crippen LogP contribution in [0.15, 0.2) is 48.6 Å². The zero-order valence-electron chi connectivity index (χ0n) is 11.2. The molecule has 0 spiro atoms. The van der Waals surface area contributed by atoms with Gasteiger partial charge in [0.05, 0.1) is 15.2 Å². The maximum atomic E-state index is 5.46. The standard InChI is InChI=1S/C15H22OSi/c1-5-6-7-10-13-17(3,4)15-12-9-8-11-14(15)16-2/h5-12H,13H2,1-4H3/b6-5+,10-7+. The third-order valence-corrected chi connectivity index (χ3v) is 6.03. The Balaban J connectivity index is 2.88. The highest BCUT2D eigenvalue weighted by Gasteiger charge is 2.24. The van der Waals surface area contributed by atoms with Gasteiger partial charge in [0.1, 0.15) is 5.75 Å². The van der Waals surface area contributed by atoms with Gasteiger partial charge in [0.25, 0.3) is 0 Å². The highest BCUT2D eigenvalue weighted by Crippen LogP contribution is 2.17. The first-order valence-corrected chi connectivity index (χ1v) is 9.24. The van der Waals surface area contributed by atoms with Gasteiger partial charge in [-0.2, -0.15) is 0 Å². The van der Waals surface area contributed by atoms with Crippen molar-refractivity contribution in [2.45, 2.75) is 26.1 Å². The summed E-state index contributed by atoms with van der Waals surface area (Å²) < 4.78 is 5.46. The molecule has 2 heteroatoms. The van der Waals surface area contributed by atoms with Crippen LogP contribution in [0.1, 0.15) is 6.92 Å². The van der Waals surface area contributed by atoms with Crippen LogP contribution in [0.25, 0.3) is 0 Å². The molecule has 0 atom stereocenters. The summed E-state index contributed by atoms with van der Waals surface area (Å²) in [7, 11) is 0.308. The molecule has 0 saturated carbocycles. The third kappa shape index (κ3) is 3.90. The number of rotatable bonds is 5. The first kappa shape index (κ1) is 13.8. The maximum Gasteiger partial charge on any atom is 0.118 e.